The summed E-state index contributed by atoms with van der Waals surface area (Å²) in [6, 6.07) is -0.103. The summed E-state index contributed by atoms with van der Waals surface area (Å²) in [7, 11) is 0. The molecule has 0 amide bonds. The maximum absolute atomic E-state index is 12.1. The highest BCUT2D eigenvalue weighted by molar-refractivity contribution is 6.29. The second-order valence-electron chi connectivity index (χ2n) is 6.75. The standard InChI is InChI=1S/C12H18N2O2.C6H14/c1-2-9(15)12(14-7-4-8-14)10(11(12)16)13-5-3-6-13;1-3-5-6-4-2/h10H,2-8H2,1H3;3-6H2,1-2H3. The lowest BCUT2D eigenvalue weighted by molar-refractivity contribution is -0.131. The molecule has 3 rings (SSSR count). The lowest BCUT2D eigenvalue weighted by Crippen LogP contribution is -2.57. The topological polar surface area (TPSA) is 40.6 Å². The molecule has 0 bridgehead atoms. The van der Waals surface area contributed by atoms with Crippen LogP contribution in [0.3, 0.4) is 0 Å². The maximum Gasteiger partial charge on any atom is 0.182 e. The highest BCUT2D eigenvalue weighted by atomic mass is 16.2. The SMILES string of the molecule is CCC(=O)C1(N2CCC2)C(=O)C1N1CCC1.CCCCCC. The van der Waals surface area contributed by atoms with Crippen LogP contribution in [-0.4, -0.2) is 59.1 Å². The van der Waals surface area contributed by atoms with Gasteiger partial charge in [0.25, 0.3) is 0 Å². The minimum Gasteiger partial charge on any atom is -0.297 e. The summed E-state index contributed by atoms with van der Waals surface area (Å²) in [6.45, 7) is 10.1. The van der Waals surface area contributed by atoms with Crippen molar-refractivity contribution in [2.75, 3.05) is 26.2 Å². The number of carbonyl (C=O) groups excluding carboxylic acids is 2. The van der Waals surface area contributed by atoms with Crippen molar-refractivity contribution in [3.8, 4) is 0 Å². The van der Waals surface area contributed by atoms with Gasteiger partial charge in [0.1, 0.15) is 6.04 Å². The van der Waals surface area contributed by atoms with Crippen molar-refractivity contribution >= 4 is 11.6 Å². The summed E-state index contributed by atoms with van der Waals surface area (Å²) < 4.78 is 0. The zero-order chi connectivity index (χ0) is 16.2. The number of hydrogen-bond donors (Lipinski definition) is 0. The molecule has 0 spiro atoms. The van der Waals surface area contributed by atoms with E-state index in [1.807, 2.05) is 6.92 Å². The lowest BCUT2D eigenvalue weighted by Gasteiger charge is -2.40. The Kier molecular flexibility index (Phi) is 6.16. The first-order valence-corrected chi connectivity index (χ1v) is 9.21. The van der Waals surface area contributed by atoms with E-state index in [0.29, 0.717) is 6.42 Å². The predicted octanol–water partition coefficient (Wildman–Crippen LogP) is 2.65. The van der Waals surface area contributed by atoms with Crippen molar-refractivity contribution in [3.05, 3.63) is 0 Å². The minimum absolute atomic E-state index is 0.103. The zero-order valence-corrected chi connectivity index (χ0v) is 14.6. The van der Waals surface area contributed by atoms with Gasteiger partial charge in [-0.25, -0.2) is 0 Å². The van der Waals surface area contributed by atoms with Gasteiger partial charge in [-0.05, 0) is 12.8 Å². The normalized spacial score (nSPS) is 30.9. The number of nitrogens with zero attached hydrogens (tertiary/aromatic N) is 2. The smallest absolute Gasteiger partial charge is 0.182 e. The minimum atomic E-state index is -0.715. The number of Topliss-reactive ketones (excluding diaryl/α,β-unsaturated/α-hetero) is 2. The number of ketones is 2. The van der Waals surface area contributed by atoms with Crippen LogP contribution in [0.4, 0.5) is 0 Å². The molecule has 3 aliphatic rings. The number of carbonyl (C=O) groups is 2. The molecule has 1 aliphatic carbocycles. The van der Waals surface area contributed by atoms with Crippen LogP contribution in [0, 0.1) is 0 Å². The van der Waals surface area contributed by atoms with E-state index in [2.05, 4.69) is 23.6 Å². The first-order valence-electron chi connectivity index (χ1n) is 9.21. The van der Waals surface area contributed by atoms with Gasteiger partial charge in [-0.3, -0.25) is 19.4 Å². The molecular weight excluding hydrogens is 276 g/mol. The molecule has 0 aromatic carbocycles. The van der Waals surface area contributed by atoms with Crippen LogP contribution in [0.2, 0.25) is 0 Å². The third-order valence-corrected chi connectivity index (χ3v) is 5.25. The third kappa shape index (κ3) is 3.00. The Morgan fingerprint density at radius 1 is 1.05 bits per heavy atom. The summed E-state index contributed by atoms with van der Waals surface area (Å²) in [5.74, 6) is 0.299. The number of unbranched alkanes of at least 4 members (excludes halogenated alkanes) is 3. The van der Waals surface area contributed by atoms with Crippen LogP contribution in [0.1, 0.15) is 65.7 Å². The molecule has 0 radical (unpaired) electrons. The highest BCUT2D eigenvalue weighted by Gasteiger charge is 2.75. The van der Waals surface area contributed by atoms with Crippen molar-refractivity contribution in [2.24, 2.45) is 0 Å². The summed E-state index contributed by atoms with van der Waals surface area (Å²) in [4.78, 5) is 28.5. The molecule has 0 aromatic heterocycles. The largest absolute Gasteiger partial charge is 0.297 e. The molecule has 2 saturated heterocycles. The molecule has 2 heterocycles. The Morgan fingerprint density at radius 3 is 1.91 bits per heavy atom. The number of likely N-dealkylation sites (tertiary alicyclic amines) is 2. The van der Waals surface area contributed by atoms with Gasteiger partial charge < -0.3 is 0 Å². The van der Waals surface area contributed by atoms with Gasteiger partial charge in [0, 0.05) is 32.6 Å². The molecule has 3 fully saturated rings. The second kappa shape index (κ2) is 7.69. The third-order valence-electron chi connectivity index (χ3n) is 5.25. The molecule has 2 aliphatic heterocycles. The molecular formula is C18H32N2O2. The molecule has 22 heavy (non-hydrogen) atoms. The number of hydrogen-bond acceptors (Lipinski definition) is 4. The molecule has 1 saturated carbocycles. The van der Waals surface area contributed by atoms with Crippen molar-refractivity contribution in [2.45, 2.75) is 77.3 Å². The van der Waals surface area contributed by atoms with Crippen molar-refractivity contribution in [1.29, 1.82) is 0 Å². The monoisotopic (exact) mass is 308 g/mol. The molecule has 0 N–H and O–H groups in total. The van der Waals surface area contributed by atoms with E-state index >= 15 is 0 Å². The number of rotatable bonds is 7. The molecule has 4 heteroatoms. The average molecular weight is 308 g/mol. The predicted molar refractivity (Wildman–Crippen MR) is 89.0 cm³/mol. The van der Waals surface area contributed by atoms with Crippen LogP contribution < -0.4 is 0 Å². The first kappa shape index (κ1) is 17.6. The van der Waals surface area contributed by atoms with Crippen LogP contribution in [0.15, 0.2) is 0 Å². The molecule has 2 unspecified atom stereocenters. The van der Waals surface area contributed by atoms with Gasteiger partial charge in [0.15, 0.2) is 17.1 Å². The summed E-state index contributed by atoms with van der Waals surface area (Å²) in [5, 5.41) is 0. The van der Waals surface area contributed by atoms with Crippen molar-refractivity contribution < 1.29 is 9.59 Å². The van der Waals surface area contributed by atoms with Gasteiger partial charge >= 0.3 is 0 Å². The first-order chi connectivity index (χ1) is 10.6. The molecule has 4 nitrogen and oxygen atoms in total. The Balaban J connectivity index is 0.000000254. The quantitative estimate of drug-likeness (QED) is 0.535. The van der Waals surface area contributed by atoms with E-state index in [1.165, 1.54) is 32.1 Å². The van der Waals surface area contributed by atoms with E-state index < -0.39 is 5.54 Å². The highest BCUT2D eigenvalue weighted by Crippen LogP contribution is 2.46. The summed E-state index contributed by atoms with van der Waals surface area (Å²) in [6.07, 6.45) is 8.31. The Morgan fingerprint density at radius 2 is 1.59 bits per heavy atom. The second-order valence-corrected chi connectivity index (χ2v) is 6.75. The maximum atomic E-state index is 12.1. The Bertz CT molecular complexity index is 398. The fourth-order valence-electron chi connectivity index (χ4n) is 3.54. The van der Waals surface area contributed by atoms with Crippen LogP contribution in [-0.2, 0) is 9.59 Å². The van der Waals surface area contributed by atoms with Gasteiger partial charge in [-0.2, -0.15) is 0 Å². The lowest BCUT2D eigenvalue weighted by atomic mass is 10.00. The van der Waals surface area contributed by atoms with Gasteiger partial charge in [-0.1, -0.05) is 46.5 Å². The van der Waals surface area contributed by atoms with Crippen molar-refractivity contribution in [3.63, 3.8) is 0 Å². The Labute approximate surface area is 135 Å². The van der Waals surface area contributed by atoms with E-state index in [-0.39, 0.29) is 17.6 Å². The van der Waals surface area contributed by atoms with E-state index in [0.717, 1.165) is 32.6 Å². The van der Waals surface area contributed by atoms with Crippen LogP contribution >= 0.6 is 0 Å². The molecule has 0 aromatic rings. The van der Waals surface area contributed by atoms with Crippen LogP contribution in [0.25, 0.3) is 0 Å². The van der Waals surface area contributed by atoms with E-state index in [4.69, 9.17) is 0 Å². The Hall–Kier alpha value is -0.740. The summed E-state index contributed by atoms with van der Waals surface area (Å²) in [5.41, 5.74) is -0.715. The van der Waals surface area contributed by atoms with Crippen LogP contribution in [0.5, 0.6) is 0 Å². The zero-order valence-electron chi connectivity index (χ0n) is 14.6. The van der Waals surface area contributed by atoms with Gasteiger partial charge in [-0.15, -0.1) is 0 Å². The molecule has 2 atom stereocenters. The average Bonchev–Trinajstić information content (AvgIpc) is 2.99. The van der Waals surface area contributed by atoms with Gasteiger partial charge in [0.2, 0.25) is 0 Å². The van der Waals surface area contributed by atoms with E-state index in [9.17, 15) is 9.59 Å². The fraction of sp³-hybridized carbons (Fsp3) is 0.889. The summed E-state index contributed by atoms with van der Waals surface area (Å²) >= 11 is 0. The van der Waals surface area contributed by atoms with Crippen molar-refractivity contribution in [1.82, 2.24) is 9.80 Å². The molecule has 126 valence electrons. The fourth-order valence-corrected chi connectivity index (χ4v) is 3.54. The van der Waals surface area contributed by atoms with Gasteiger partial charge in [0.05, 0.1) is 0 Å². The van der Waals surface area contributed by atoms with E-state index in [1.54, 1.807) is 0 Å².